The minimum absolute atomic E-state index is 0.00304. The Hall–Kier alpha value is -1.13. The Labute approximate surface area is 114 Å². The van der Waals surface area contributed by atoms with Crippen molar-refractivity contribution in [2.75, 3.05) is 6.54 Å². The zero-order valence-corrected chi connectivity index (χ0v) is 11.5. The van der Waals surface area contributed by atoms with Gasteiger partial charge in [-0.15, -0.1) is 0 Å². The molecular formula is C15H23FN2O. The molecule has 0 atom stereocenters. The smallest absolute Gasteiger partial charge is 0.127 e. The first kappa shape index (κ1) is 14.3. The highest BCUT2D eigenvalue weighted by atomic mass is 19.1. The Morgan fingerprint density at radius 1 is 1.26 bits per heavy atom. The average Bonchev–Trinajstić information content (AvgIpc) is 2.36. The zero-order chi connectivity index (χ0) is 13.8. The van der Waals surface area contributed by atoms with Crippen LogP contribution in [0.1, 0.15) is 38.2 Å². The summed E-state index contributed by atoms with van der Waals surface area (Å²) in [5.41, 5.74) is 6.76. The number of halogens is 1. The van der Waals surface area contributed by atoms with Crippen molar-refractivity contribution in [3.63, 3.8) is 0 Å². The molecule has 1 aliphatic rings. The van der Waals surface area contributed by atoms with Crippen molar-refractivity contribution < 1.29 is 9.50 Å². The molecule has 0 radical (unpaired) electrons. The van der Waals surface area contributed by atoms with Gasteiger partial charge in [0.2, 0.25) is 0 Å². The lowest BCUT2D eigenvalue weighted by Gasteiger charge is -2.35. The summed E-state index contributed by atoms with van der Waals surface area (Å²) < 4.78 is 13.3. The van der Waals surface area contributed by atoms with E-state index in [0.717, 1.165) is 43.9 Å². The number of phenols is 1. The molecule has 1 aliphatic carbocycles. The summed E-state index contributed by atoms with van der Waals surface area (Å²) in [6, 6.07) is 5.14. The molecule has 0 bridgehead atoms. The molecule has 0 aromatic heterocycles. The first-order valence-corrected chi connectivity index (χ1v) is 7.06. The second-order valence-electron chi connectivity index (χ2n) is 5.45. The van der Waals surface area contributed by atoms with Gasteiger partial charge in [0.05, 0.1) is 0 Å². The number of hydrogen-bond donors (Lipinski definition) is 2. The molecule has 19 heavy (non-hydrogen) atoms. The van der Waals surface area contributed by atoms with Crippen LogP contribution in [0.3, 0.4) is 0 Å². The maximum Gasteiger partial charge on any atom is 0.127 e. The van der Waals surface area contributed by atoms with E-state index < -0.39 is 0 Å². The molecule has 1 fully saturated rings. The molecule has 0 spiro atoms. The summed E-state index contributed by atoms with van der Waals surface area (Å²) in [6.07, 6.45) is 4.34. The van der Waals surface area contributed by atoms with Gasteiger partial charge in [-0.2, -0.15) is 0 Å². The summed E-state index contributed by atoms with van der Waals surface area (Å²) in [6.45, 7) is 3.73. The second-order valence-corrected chi connectivity index (χ2v) is 5.45. The molecule has 1 aromatic rings. The summed E-state index contributed by atoms with van der Waals surface area (Å²) in [4.78, 5) is 2.35. The van der Waals surface area contributed by atoms with E-state index in [-0.39, 0.29) is 11.6 Å². The van der Waals surface area contributed by atoms with Gasteiger partial charge in [0.25, 0.3) is 0 Å². The molecule has 4 heteroatoms. The normalized spacial score (nSPS) is 23.8. The molecule has 106 valence electrons. The molecule has 0 unspecified atom stereocenters. The van der Waals surface area contributed by atoms with Crippen LogP contribution >= 0.6 is 0 Å². The first-order chi connectivity index (χ1) is 9.08. The first-order valence-electron chi connectivity index (χ1n) is 7.06. The Bertz CT molecular complexity index is 396. The van der Waals surface area contributed by atoms with Gasteiger partial charge in [-0.05, 0) is 49.9 Å². The molecule has 0 aliphatic heterocycles. The average molecular weight is 266 g/mol. The zero-order valence-electron chi connectivity index (χ0n) is 11.5. The summed E-state index contributed by atoms with van der Waals surface area (Å²) in [5.74, 6) is -0.381. The lowest BCUT2D eigenvalue weighted by atomic mass is 9.90. The number of phenolic OH excluding ortho intramolecular Hbond substituents is 1. The largest absolute Gasteiger partial charge is 0.508 e. The maximum absolute atomic E-state index is 13.3. The van der Waals surface area contributed by atoms with Gasteiger partial charge in [-0.25, -0.2) is 4.39 Å². The molecular weight excluding hydrogens is 243 g/mol. The monoisotopic (exact) mass is 266 g/mol. The van der Waals surface area contributed by atoms with E-state index in [4.69, 9.17) is 5.73 Å². The molecule has 2 rings (SSSR count). The van der Waals surface area contributed by atoms with Crippen molar-refractivity contribution in [3.8, 4) is 5.75 Å². The molecule has 0 amide bonds. The van der Waals surface area contributed by atoms with Crippen LogP contribution in [-0.4, -0.2) is 28.6 Å². The highest BCUT2D eigenvalue weighted by Gasteiger charge is 2.23. The van der Waals surface area contributed by atoms with Crippen molar-refractivity contribution in [3.05, 3.63) is 29.6 Å². The van der Waals surface area contributed by atoms with Crippen LogP contribution < -0.4 is 5.73 Å². The van der Waals surface area contributed by atoms with Crippen molar-refractivity contribution in [1.29, 1.82) is 0 Å². The molecule has 3 N–H and O–H groups in total. The Balaban J connectivity index is 2.02. The number of rotatable bonds is 4. The lowest BCUT2D eigenvalue weighted by Crippen LogP contribution is -2.40. The van der Waals surface area contributed by atoms with Gasteiger partial charge in [-0.3, -0.25) is 4.90 Å². The Morgan fingerprint density at radius 2 is 1.95 bits per heavy atom. The van der Waals surface area contributed by atoms with Crippen molar-refractivity contribution in [2.45, 2.75) is 51.2 Å². The Kier molecular flexibility index (Phi) is 4.77. The fourth-order valence-electron chi connectivity index (χ4n) is 2.92. The van der Waals surface area contributed by atoms with E-state index in [9.17, 15) is 9.50 Å². The van der Waals surface area contributed by atoms with Crippen LogP contribution in [0, 0.1) is 5.82 Å². The van der Waals surface area contributed by atoms with Crippen molar-refractivity contribution >= 4 is 0 Å². The van der Waals surface area contributed by atoms with Crippen LogP contribution in [0.25, 0.3) is 0 Å². The van der Waals surface area contributed by atoms with Gasteiger partial charge in [0.1, 0.15) is 11.6 Å². The van der Waals surface area contributed by atoms with Gasteiger partial charge in [-0.1, -0.05) is 6.92 Å². The molecule has 1 aromatic carbocycles. The van der Waals surface area contributed by atoms with Crippen LogP contribution in [0.2, 0.25) is 0 Å². The molecule has 0 saturated heterocycles. The highest BCUT2D eigenvalue weighted by Crippen LogP contribution is 2.24. The third kappa shape index (κ3) is 3.91. The molecule has 1 saturated carbocycles. The van der Waals surface area contributed by atoms with E-state index in [2.05, 4.69) is 11.8 Å². The molecule has 0 heterocycles. The van der Waals surface area contributed by atoms with Gasteiger partial charge >= 0.3 is 0 Å². The van der Waals surface area contributed by atoms with E-state index in [1.165, 1.54) is 6.07 Å². The minimum atomic E-state index is -0.378. The second kappa shape index (κ2) is 6.35. The number of aromatic hydroxyl groups is 1. The number of hydrogen-bond acceptors (Lipinski definition) is 3. The number of benzene rings is 1. The number of nitrogens with zero attached hydrogens (tertiary/aromatic N) is 1. The van der Waals surface area contributed by atoms with Crippen molar-refractivity contribution in [2.24, 2.45) is 5.73 Å². The summed E-state index contributed by atoms with van der Waals surface area (Å²) in [5, 5.41) is 9.45. The van der Waals surface area contributed by atoms with Crippen LogP contribution in [0.15, 0.2) is 18.2 Å². The van der Waals surface area contributed by atoms with Crippen LogP contribution in [0.4, 0.5) is 4.39 Å². The van der Waals surface area contributed by atoms with E-state index in [1.54, 1.807) is 6.07 Å². The quantitative estimate of drug-likeness (QED) is 0.880. The van der Waals surface area contributed by atoms with E-state index in [1.807, 2.05) is 0 Å². The number of nitrogens with two attached hydrogens (primary N) is 1. The van der Waals surface area contributed by atoms with Crippen LogP contribution in [-0.2, 0) is 6.54 Å². The predicted molar refractivity (Wildman–Crippen MR) is 74.4 cm³/mol. The summed E-state index contributed by atoms with van der Waals surface area (Å²) in [7, 11) is 0. The van der Waals surface area contributed by atoms with Crippen LogP contribution in [0.5, 0.6) is 5.75 Å². The third-order valence-electron chi connectivity index (χ3n) is 3.99. The maximum atomic E-state index is 13.3. The third-order valence-corrected chi connectivity index (χ3v) is 3.99. The van der Waals surface area contributed by atoms with Gasteiger partial charge < -0.3 is 10.8 Å². The predicted octanol–water partition coefficient (Wildman–Crippen LogP) is 2.62. The fraction of sp³-hybridized carbons (Fsp3) is 0.600. The van der Waals surface area contributed by atoms with E-state index >= 15 is 0 Å². The Morgan fingerprint density at radius 3 is 2.53 bits per heavy atom. The lowest BCUT2D eigenvalue weighted by molar-refractivity contribution is 0.149. The fourth-order valence-corrected chi connectivity index (χ4v) is 2.92. The topological polar surface area (TPSA) is 49.5 Å². The highest BCUT2D eigenvalue weighted by molar-refractivity contribution is 5.28. The summed E-state index contributed by atoms with van der Waals surface area (Å²) >= 11 is 0. The van der Waals surface area contributed by atoms with E-state index in [0.29, 0.717) is 18.6 Å². The standard InChI is InChI=1S/C15H23FN2O/c1-2-18(14-5-3-13(17)4-6-14)10-11-7-12(16)9-15(19)8-11/h7-9,13-14,19H,2-6,10,17H2,1H3. The van der Waals surface area contributed by atoms with Gasteiger partial charge in [0, 0.05) is 24.7 Å². The SMILES string of the molecule is CCN(Cc1cc(O)cc(F)c1)C1CCC(N)CC1. The van der Waals surface area contributed by atoms with Gasteiger partial charge in [0.15, 0.2) is 0 Å². The van der Waals surface area contributed by atoms with Crippen molar-refractivity contribution in [1.82, 2.24) is 4.90 Å². The minimum Gasteiger partial charge on any atom is -0.508 e. The molecule has 3 nitrogen and oxygen atoms in total.